The van der Waals surface area contributed by atoms with Crippen LogP contribution in [0.1, 0.15) is 13.3 Å². The van der Waals surface area contributed by atoms with Crippen molar-refractivity contribution in [3.63, 3.8) is 0 Å². The molecule has 0 atom stereocenters. The number of amides is 2. The minimum atomic E-state index is -0.271. The minimum Gasteiger partial charge on any atom is -0.489 e. The SMILES string of the molecule is CCNC(=O)CN1CCOc2cc(N(CCC#N)C(=O)CCl)ccc21. The molecule has 0 aliphatic carbocycles. The van der Waals surface area contributed by atoms with Crippen molar-refractivity contribution in [3.05, 3.63) is 18.2 Å². The van der Waals surface area contributed by atoms with Crippen LogP contribution >= 0.6 is 11.6 Å². The van der Waals surface area contributed by atoms with E-state index in [1.165, 1.54) is 4.90 Å². The summed E-state index contributed by atoms with van der Waals surface area (Å²) in [6.07, 6.45) is 0.212. The molecule has 2 rings (SSSR count). The van der Waals surface area contributed by atoms with Gasteiger partial charge >= 0.3 is 0 Å². The fourth-order valence-electron chi connectivity index (χ4n) is 2.66. The van der Waals surface area contributed by atoms with Crippen molar-refractivity contribution in [1.29, 1.82) is 5.26 Å². The van der Waals surface area contributed by atoms with Crippen LogP contribution in [0.25, 0.3) is 0 Å². The molecule has 25 heavy (non-hydrogen) atoms. The lowest BCUT2D eigenvalue weighted by atomic mass is 10.2. The number of hydrogen-bond acceptors (Lipinski definition) is 5. The van der Waals surface area contributed by atoms with E-state index in [-0.39, 0.29) is 37.2 Å². The van der Waals surface area contributed by atoms with Gasteiger partial charge in [-0.1, -0.05) is 0 Å². The predicted octanol–water partition coefficient (Wildman–Crippen LogP) is 1.51. The van der Waals surface area contributed by atoms with E-state index in [0.29, 0.717) is 31.1 Å². The second kappa shape index (κ2) is 9.14. The summed E-state index contributed by atoms with van der Waals surface area (Å²) in [5.74, 6) is 0.129. The molecule has 1 N–H and O–H groups in total. The van der Waals surface area contributed by atoms with Gasteiger partial charge in [0.05, 0.1) is 31.3 Å². The van der Waals surface area contributed by atoms with Crippen molar-refractivity contribution in [2.45, 2.75) is 13.3 Å². The van der Waals surface area contributed by atoms with Crippen molar-refractivity contribution >= 4 is 34.8 Å². The molecule has 0 saturated carbocycles. The zero-order valence-corrected chi connectivity index (χ0v) is 14.9. The summed E-state index contributed by atoms with van der Waals surface area (Å²) in [6, 6.07) is 7.38. The van der Waals surface area contributed by atoms with Crippen molar-refractivity contribution in [1.82, 2.24) is 5.32 Å². The zero-order valence-electron chi connectivity index (χ0n) is 14.1. The number of nitrogens with zero attached hydrogens (tertiary/aromatic N) is 3. The first-order valence-corrected chi connectivity index (χ1v) is 8.66. The highest BCUT2D eigenvalue weighted by atomic mass is 35.5. The van der Waals surface area contributed by atoms with E-state index in [0.717, 1.165) is 5.69 Å². The Balaban J connectivity index is 2.23. The molecular formula is C17H21ClN4O3. The third-order valence-corrected chi connectivity index (χ3v) is 4.01. The lowest BCUT2D eigenvalue weighted by Gasteiger charge is -2.32. The molecule has 1 aliphatic heterocycles. The predicted molar refractivity (Wildman–Crippen MR) is 96.1 cm³/mol. The Morgan fingerprint density at radius 1 is 1.48 bits per heavy atom. The summed E-state index contributed by atoms with van der Waals surface area (Å²) in [7, 11) is 0. The molecule has 0 radical (unpaired) electrons. The van der Waals surface area contributed by atoms with Crippen molar-refractivity contribution in [2.75, 3.05) is 48.5 Å². The van der Waals surface area contributed by atoms with E-state index >= 15 is 0 Å². The number of carbonyl (C=O) groups excluding carboxylic acids is 2. The van der Waals surface area contributed by atoms with Crippen LogP contribution in [0, 0.1) is 11.3 Å². The van der Waals surface area contributed by atoms with Gasteiger partial charge in [0.1, 0.15) is 18.2 Å². The maximum Gasteiger partial charge on any atom is 0.241 e. The summed E-state index contributed by atoms with van der Waals surface area (Å²) < 4.78 is 5.69. The first-order valence-electron chi connectivity index (χ1n) is 8.12. The molecule has 7 nitrogen and oxygen atoms in total. The summed E-state index contributed by atoms with van der Waals surface area (Å²) in [5, 5.41) is 11.6. The number of likely N-dealkylation sites (N-methyl/N-ethyl adjacent to an activating group) is 1. The van der Waals surface area contributed by atoms with Gasteiger partial charge < -0.3 is 19.9 Å². The maximum absolute atomic E-state index is 12.0. The highest BCUT2D eigenvalue weighted by Crippen LogP contribution is 2.35. The third kappa shape index (κ3) is 4.77. The van der Waals surface area contributed by atoms with Crippen LogP contribution in [0.5, 0.6) is 5.75 Å². The first-order chi connectivity index (χ1) is 12.1. The van der Waals surface area contributed by atoms with Crippen LogP contribution in [0.4, 0.5) is 11.4 Å². The summed E-state index contributed by atoms with van der Waals surface area (Å²) in [5.41, 5.74) is 1.43. The van der Waals surface area contributed by atoms with Gasteiger partial charge in [-0.3, -0.25) is 9.59 Å². The lowest BCUT2D eigenvalue weighted by Crippen LogP contribution is -2.41. The third-order valence-electron chi connectivity index (χ3n) is 3.79. The monoisotopic (exact) mass is 364 g/mol. The Morgan fingerprint density at radius 2 is 2.28 bits per heavy atom. The first kappa shape index (κ1) is 18.9. The number of hydrogen-bond donors (Lipinski definition) is 1. The molecule has 1 aromatic carbocycles. The fraction of sp³-hybridized carbons (Fsp3) is 0.471. The van der Waals surface area contributed by atoms with Crippen LogP contribution < -0.4 is 19.9 Å². The number of nitrogens with one attached hydrogen (secondary N) is 1. The largest absolute Gasteiger partial charge is 0.489 e. The van der Waals surface area contributed by atoms with E-state index in [9.17, 15) is 9.59 Å². The highest BCUT2D eigenvalue weighted by molar-refractivity contribution is 6.29. The number of halogens is 1. The molecule has 0 fully saturated rings. The summed E-state index contributed by atoms with van der Waals surface area (Å²) in [6.45, 7) is 4.05. The average Bonchev–Trinajstić information content (AvgIpc) is 2.62. The van der Waals surface area contributed by atoms with Crippen LogP contribution in [0.15, 0.2) is 18.2 Å². The van der Waals surface area contributed by atoms with Gasteiger partial charge in [-0.2, -0.15) is 5.26 Å². The molecular weight excluding hydrogens is 344 g/mol. The number of rotatable bonds is 7. The Labute approximate surface area is 152 Å². The van der Waals surface area contributed by atoms with Gasteiger partial charge in [-0.05, 0) is 19.1 Å². The number of anilines is 2. The summed E-state index contributed by atoms with van der Waals surface area (Å²) >= 11 is 5.67. The van der Waals surface area contributed by atoms with Gasteiger partial charge in [-0.25, -0.2) is 0 Å². The quantitative estimate of drug-likeness (QED) is 0.741. The average molecular weight is 365 g/mol. The number of fused-ring (bicyclic) bond motifs is 1. The Hall–Kier alpha value is -2.46. The highest BCUT2D eigenvalue weighted by Gasteiger charge is 2.23. The smallest absolute Gasteiger partial charge is 0.241 e. The van der Waals surface area contributed by atoms with Crippen molar-refractivity contribution in [3.8, 4) is 11.8 Å². The Kier molecular flexibility index (Phi) is 6.90. The topological polar surface area (TPSA) is 85.7 Å². The summed E-state index contributed by atoms with van der Waals surface area (Å²) in [4.78, 5) is 27.3. The zero-order chi connectivity index (χ0) is 18.2. The van der Waals surface area contributed by atoms with Crippen molar-refractivity contribution in [2.24, 2.45) is 0 Å². The van der Waals surface area contributed by atoms with Gasteiger partial charge in [0.25, 0.3) is 0 Å². The molecule has 1 aromatic rings. The van der Waals surface area contributed by atoms with Crippen LogP contribution in [0.2, 0.25) is 0 Å². The second-order valence-electron chi connectivity index (χ2n) is 5.46. The number of benzene rings is 1. The molecule has 0 unspecified atom stereocenters. The van der Waals surface area contributed by atoms with E-state index in [1.807, 2.05) is 24.0 Å². The molecule has 0 spiro atoms. The van der Waals surface area contributed by atoms with E-state index in [2.05, 4.69) is 5.32 Å². The number of nitriles is 1. The fourth-order valence-corrected chi connectivity index (χ4v) is 2.80. The number of carbonyl (C=O) groups is 2. The van der Waals surface area contributed by atoms with Crippen LogP contribution in [-0.2, 0) is 9.59 Å². The van der Waals surface area contributed by atoms with E-state index < -0.39 is 0 Å². The number of alkyl halides is 1. The second-order valence-corrected chi connectivity index (χ2v) is 5.73. The van der Waals surface area contributed by atoms with Crippen LogP contribution in [0.3, 0.4) is 0 Å². The standard InChI is InChI=1S/C17H21ClN4O3/c1-2-20-16(23)12-21-8-9-25-15-10-13(4-5-14(15)21)22(7-3-6-19)17(24)11-18/h4-5,10H,2-3,7-9,11-12H2,1H3,(H,20,23). The van der Waals surface area contributed by atoms with E-state index in [1.54, 1.807) is 12.1 Å². The van der Waals surface area contributed by atoms with E-state index in [4.69, 9.17) is 21.6 Å². The van der Waals surface area contributed by atoms with Gasteiger partial charge in [0.15, 0.2) is 0 Å². The van der Waals surface area contributed by atoms with Gasteiger partial charge in [0.2, 0.25) is 11.8 Å². The molecule has 8 heteroatoms. The molecule has 0 bridgehead atoms. The Morgan fingerprint density at radius 3 is 2.96 bits per heavy atom. The van der Waals surface area contributed by atoms with Gasteiger partial charge in [0, 0.05) is 24.8 Å². The minimum absolute atomic E-state index is 0.0487. The maximum atomic E-state index is 12.0. The Bertz CT molecular complexity index is 674. The lowest BCUT2D eigenvalue weighted by molar-refractivity contribution is -0.119. The molecule has 1 aliphatic rings. The molecule has 0 aromatic heterocycles. The van der Waals surface area contributed by atoms with Gasteiger partial charge in [-0.15, -0.1) is 11.6 Å². The molecule has 2 amide bonds. The number of ether oxygens (including phenoxy) is 1. The molecule has 0 saturated heterocycles. The molecule has 134 valence electrons. The normalized spacial score (nSPS) is 12.6. The van der Waals surface area contributed by atoms with Crippen molar-refractivity contribution < 1.29 is 14.3 Å². The molecule has 1 heterocycles. The van der Waals surface area contributed by atoms with Crippen LogP contribution in [-0.4, -0.2) is 50.5 Å².